The zero-order valence-corrected chi connectivity index (χ0v) is 23.5. The van der Waals surface area contributed by atoms with Crippen LogP contribution in [0.5, 0.6) is 0 Å². The first-order valence-corrected chi connectivity index (χ1v) is 14.3. The number of aliphatic hydroxyl groups excluding tert-OH is 1. The van der Waals surface area contributed by atoms with E-state index in [2.05, 4.69) is 40.5 Å². The lowest BCUT2D eigenvalue weighted by atomic mass is 9.97. The average Bonchev–Trinajstić information content (AvgIpc) is 2.89. The number of carbonyl (C=O) groups is 2. The molecule has 3 aliphatic rings. The zero-order valence-electron chi connectivity index (χ0n) is 23.5. The summed E-state index contributed by atoms with van der Waals surface area (Å²) in [7, 11) is 0. The highest BCUT2D eigenvalue weighted by Gasteiger charge is 2.30. The molecule has 8 nitrogen and oxygen atoms in total. The van der Waals surface area contributed by atoms with Crippen molar-refractivity contribution in [2.45, 2.75) is 70.7 Å². The molecule has 3 aliphatic heterocycles. The van der Waals surface area contributed by atoms with Crippen molar-refractivity contribution in [1.82, 2.24) is 14.7 Å². The Labute approximate surface area is 231 Å². The molecule has 2 unspecified atom stereocenters. The van der Waals surface area contributed by atoms with Gasteiger partial charge >= 0.3 is 6.09 Å². The number of nitrogens with one attached hydrogen (secondary N) is 1. The molecule has 2 aromatic rings. The zero-order chi connectivity index (χ0) is 27.6. The summed E-state index contributed by atoms with van der Waals surface area (Å²) in [6.07, 6.45) is 2.80. The number of aliphatic hydroxyl groups is 1. The smallest absolute Gasteiger partial charge is 0.410 e. The third kappa shape index (κ3) is 6.92. The standard InChI is InChI=1S/C31H42N4O4/c1-31(2,3)39-30(38)35-14-6-9-26(19-35)32-25-10-11-28-23(17-25)13-16-34(29(28)37)21-27(36)20-33-15-12-22-7-4-5-8-24(22)18-33/h4-5,7-8,10-11,17,26-27,32,36H,6,9,12-16,18-21H2,1-3H3. The molecule has 0 spiro atoms. The van der Waals surface area contributed by atoms with E-state index >= 15 is 0 Å². The van der Waals surface area contributed by atoms with Gasteiger partial charge in [-0.1, -0.05) is 24.3 Å². The number of rotatable bonds is 6. The molecule has 0 aromatic heterocycles. The molecule has 0 radical (unpaired) electrons. The van der Waals surface area contributed by atoms with Crippen LogP contribution in [0.25, 0.3) is 0 Å². The van der Waals surface area contributed by atoms with Gasteiger partial charge in [0.05, 0.1) is 6.10 Å². The number of β-amino-alcohol motifs (C(OH)–C–C–N with tert-alkyl or cyclic N) is 1. The number of carbonyl (C=O) groups excluding carboxylic acids is 2. The Bertz CT molecular complexity index is 1190. The van der Waals surface area contributed by atoms with Gasteiger partial charge in [-0.15, -0.1) is 0 Å². The monoisotopic (exact) mass is 534 g/mol. The Morgan fingerprint density at radius 1 is 1.05 bits per heavy atom. The fraction of sp³-hybridized carbons (Fsp3) is 0.548. The Kier molecular flexibility index (Phi) is 8.14. The molecule has 2 aromatic carbocycles. The van der Waals surface area contributed by atoms with Crippen LogP contribution in [0.3, 0.4) is 0 Å². The van der Waals surface area contributed by atoms with Gasteiger partial charge in [-0.25, -0.2) is 4.79 Å². The highest BCUT2D eigenvalue weighted by Crippen LogP contribution is 2.26. The molecule has 0 aliphatic carbocycles. The second-order valence-corrected chi connectivity index (χ2v) is 12.2. The van der Waals surface area contributed by atoms with Crippen molar-refractivity contribution < 1.29 is 19.4 Å². The number of amides is 2. The second kappa shape index (κ2) is 11.6. The van der Waals surface area contributed by atoms with Crippen LogP contribution in [0.15, 0.2) is 42.5 Å². The fourth-order valence-corrected chi connectivity index (χ4v) is 5.94. The summed E-state index contributed by atoms with van der Waals surface area (Å²) in [6.45, 7) is 10.2. The van der Waals surface area contributed by atoms with E-state index in [0.717, 1.165) is 50.0 Å². The SMILES string of the molecule is CC(C)(C)OC(=O)N1CCCC(Nc2ccc3c(c2)CCN(CC(O)CN2CCc4ccccc4C2)C3=O)C1. The van der Waals surface area contributed by atoms with Crippen LogP contribution in [0.1, 0.15) is 60.7 Å². The van der Waals surface area contributed by atoms with Crippen molar-refractivity contribution in [3.63, 3.8) is 0 Å². The molecule has 3 heterocycles. The molecule has 2 atom stereocenters. The van der Waals surface area contributed by atoms with Crippen LogP contribution in [-0.4, -0.2) is 88.8 Å². The largest absolute Gasteiger partial charge is 0.444 e. The third-order valence-corrected chi connectivity index (χ3v) is 7.83. The van der Waals surface area contributed by atoms with Gasteiger partial charge in [0.15, 0.2) is 0 Å². The normalized spacial score (nSPS) is 20.7. The van der Waals surface area contributed by atoms with Crippen LogP contribution in [-0.2, 0) is 24.1 Å². The van der Waals surface area contributed by atoms with Gasteiger partial charge in [0.1, 0.15) is 5.60 Å². The number of piperidine rings is 1. The minimum absolute atomic E-state index is 0.0143. The summed E-state index contributed by atoms with van der Waals surface area (Å²) in [5.41, 5.74) is 4.93. The Morgan fingerprint density at radius 2 is 1.82 bits per heavy atom. The second-order valence-electron chi connectivity index (χ2n) is 12.2. The van der Waals surface area contributed by atoms with E-state index in [1.807, 2.05) is 32.9 Å². The Hall–Kier alpha value is -3.10. The van der Waals surface area contributed by atoms with E-state index in [4.69, 9.17) is 4.74 Å². The highest BCUT2D eigenvalue weighted by atomic mass is 16.6. The van der Waals surface area contributed by atoms with E-state index in [1.54, 1.807) is 9.80 Å². The first kappa shape index (κ1) is 27.5. The van der Waals surface area contributed by atoms with Gasteiger partial charge in [0.25, 0.3) is 5.91 Å². The molecule has 210 valence electrons. The van der Waals surface area contributed by atoms with Crippen LogP contribution >= 0.6 is 0 Å². The minimum Gasteiger partial charge on any atom is -0.444 e. The van der Waals surface area contributed by atoms with Crippen molar-refractivity contribution in [2.24, 2.45) is 0 Å². The molecule has 5 rings (SSSR count). The van der Waals surface area contributed by atoms with Crippen molar-refractivity contribution in [1.29, 1.82) is 0 Å². The number of hydrogen-bond acceptors (Lipinski definition) is 6. The van der Waals surface area contributed by atoms with Crippen LogP contribution in [0, 0.1) is 0 Å². The van der Waals surface area contributed by atoms with E-state index in [9.17, 15) is 14.7 Å². The predicted molar refractivity (Wildman–Crippen MR) is 152 cm³/mol. The highest BCUT2D eigenvalue weighted by molar-refractivity contribution is 5.97. The number of likely N-dealkylation sites (tertiary alicyclic amines) is 1. The maximum atomic E-state index is 13.3. The molecule has 2 amide bonds. The summed E-state index contributed by atoms with van der Waals surface area (Å²) in [5, 5.41) is 14.4. The quantitative estimate of drug-likeness (QED) is 0.585. The summed E-state index contributed by atoms with van der Waals surface area (Å²) in [6, 6.07) is 14.5. The number of benzene rings is 2. The van der Waals surface area contributed by atoms with E-state index in [1.165, 1.54) is 11.1 Å². The molecular weight excluding hydrogens is 492 g/mol. The molecule has 0 saturated carbocycles. The van der Waals surface area contributed by atoms with E-state index in [-0.39, 0.29) is 18.0 Å². The van der Waals surface area contributed by atoms with Gasteiger partial charge in [-0.3, -0.25) is 9.69 Å². The number of anilines is 1. The van der Waals surface area contributed by atoms with Gasteiger partial charge in [-0.05, 0) is 81.3 Å². The molecular formula is C31H42N4O4. The summed E-state index contributed by atoms with van der Waals surface area (Å²) < 4.78 is 5.55. The lowest BCUT2D eigenvalue weighted by Crippen LogP contribution is -2.47. The Morgan fingerprint density at radius 3 is 2.62 bits per heavy atom. The summed E-state index contributed by atoms with van der Waals surface area (Å²) in [5.74, 6) is -0.0143. The third-order valence-electron chi connectivity index (χ3n) is 7.83. The molecule has 0 bridgehead atoms. The topological polar surface area (TPSA) is 85.3 Å². The number of ether oxygens (including phenoxy) is 1. The molecule has 1 fully saturated rings. The molecule has 1 saturated heterocycles. The van der Waals surface area contributed by atoms with Gasteiger partial charge in [0, 0.05) is 63.1 Å². The van der Waals surface area contributed by atoms with E-state index < -0.39 is 11.7 Å². The van der Waals surface area contributed by atoms with Crippen molar-refractivity contribution in [3.05, 3.63) is 64.7 Å². The average molecular weight is 535 g/mol. The molecule has 2 N–H and O–H groups in total. The number of nitrogens with zero attached hydrogens (tertiary/aromatic N) is 3. The maximum Gasteiger partial charge on any atom is 0.410 e. The van der Waals surface area contributed by atoms with Gasteiger partial charge in [-0.2, -0.15) is 0 Å². The first-order chi connectivity index (χ1) is 18.6. The Balaban J connectivity index is 1.14. The number of fused-ring (bicyclic) bond motifs is 2. The predicted octanol–water partition coefficient (Wildman–Crippen LogP) is 3.92. The van der Waals surface area contributed by atoms with Crippen LogP contribution in [0.4, 0.5) is 10.5 Å². The van der Waals surface area contributed by atoms with Crippen molar-refractivity contribution >= 4 is 17.7 Å². The van der Waals surface area contributed by atoms with Crippen molar-refractivity contribution in [3.8, 4) is 0 Å². The van der Waals surface area contributed by atoms with Gasteiger partial charge in [0.2, 0.25) is 0 Å². The maximum absolute atomic E-state index is 13.3. The van der Waals surface area contributed by atoms with Gasteiger partial charge < -0.3 is 25.0 Å². The number of hydrogen-bond donors (Lipinski definition) is 2. The fourth-order valence-electron chi connectivity index (χ4n) is 5.94. The first-order valence-electron chi connectivity index (χ1n) is 14.3. The molecule has 8 heteroatoms. The lowest BCUT2D eigenvalue weighted by Gasteiger charge is -2.35. The van der Waals surface area contributed by atoms with Crippen LogP contribution < -0.4 is 5.32 Å². The summed E-state index contributed by atoms with van der Waals surface area (Å²) >= 11 is 0. The molecule has 39 heavy (non-hydrogen) atoms. The minimum atomic E-state index is -0.582. The van der Waals surface area contributed by atoms with Crippen molar-refractivity contribution in [2.75, 3.05) is 44.6 Å². The van der Waals surface area contributed by atoms with Crippen LogP contribution in [0.2, 0.25) is 0 Å². The lowest BCUT2D eigenvalue weighted by molar-refractivity contribution is 0.0206. The summed E-state index contributed by atoms with van der Waals surface area (Å²) in [4.78, 5) is 31.6. The van der Waals surface area contributed by atoms with E-state index in [0.29, 0.717) is 38.3 Å².